The molecule has 2 rings (SSSR count). The quantitative estimate of drug-likeness (QED) is 0.800. The largest absolute Gasteiger partial charge is 0.393 e. The lowest BCUT2D eigenvalue weighted by molar-refractivity contribution is -0.133. The van der Waals surface area contributed by atoms with Gasteiger partial charge in [0.05, 0.1) is 6.10 Å². The number of nitrogens with zero attached hydrogens (tertiary/aromatic N) is 1. The van der Waals surface area contributed by atoms with E-state index in [1.165, 1.54) is 12.8 Å². The second kappa shape index (κ2) is 5.85. The van der Waals surface area contributed by atoms with Gasteiger partial charge in [-0.25, -0.2) is 0 Å². The predicted molar refractivity (Wildman–Crippen MR) is 67.6 cm³/mol. The fraction of sp³-hybridized carbons (Fsp3) is 0.929. The summed E-state index contributed by atoms with van der Waals surface area (Å²) in [4.78, 5) is 14.3. The van der Waals surface area contributed by atoms with Gasteiger partial charge in [-0.3, -0.25) is 4.79 Å². The van der Waals surface area contributed by atoms with E-state index < -0.39 is 0 Å². The molecule has 0 bridgehead atoms. The van der Waals surface area contributed by atoms with Gasteiger partial charge in [0.25, 0.3) is 0 Å². The summed E-state index contributed by atoms with van der Waals surface area (Å²) in [6.07, 6.45) is 7.88. The van der Waals surface area contributed by atoms with Gasteiger partial charge in [0, 0.05) is 19.0 Å². The van der Waals surface area contributed by atoms with Crippen LogP contribution in [0.15, 0.2) is 0 Å². The zero-order chi connectivity index (χ0) is 12.3. The summed E-state index contributed by atoms with van der Waals surface area (Å²) in [5.74, 6) is 0.875. The van der Waals surface area contributed by atoms with Crippen molar-refractivity contribution in [1.82, 2.24) is 4.90 Å². The Morgan fingerprint density at radius 1 is 1.18 bits per heavy atom. The third-order valence-corrected chi connectivity index (χ3v) is 4.05. The van der Waals surface area contributed by atoms with Crippen LogP contribution in [0, 0.1) is 5.92 Å². The molecule has 1 amide bonds. The molecule has 0 spiro atoms. The van der Waals surface area contributed by atoms with Gasteiger partial charge in [0.15, 0.2) is 0 Å². The molecule has 2 fully saturated rings. The molecule has 17 heavy (non-hydrogen) atoms. The maximum Gasteiger partial charge on any atom is 0.223 e. The zero-order valence-electron chi connectivity index (χ0n) is 10.9. The van der Waals surface area contributed by atoms with Gasteiger partial charge in [-0.15, -0.1) is 0 Å². The first-order chi connectivity index (χ1) is 8.20. The molecule has 0 radical (unpaired) electrons. The molecule has 0 aliphatic heterocycles. The van der Waals surface area contributed by atoms with Crippen LogP contribution >= 0.6 is 0 Å². The monoisotopic (exact) mass is 239 g/mol. The molecule has 0 saturated heterocycles. The van der Waals surface area contributed by atoms with Crippen molar-refractivity contribution < 1.29 is 9.90 Å². The molecule has 0 aromatic rings. The van der Waals surface area contributed by atoms with E-state index in [1.807, 2.05) is 0 Å². The molecule has 0 aromatic heterocycles. The average Bonchev–Trinajstić information content (AvgIpc) is 3.13. The third-order valence-electron chi connectivity index (χ3n) is 4.05. The standard InChI is InChI=1S/C14H25NO2/c1-2-9-15(12-5-6-12)14(17)10-11-3-7-13(16)8-4-11/h11-13,16H,2-10H2,1H3. The Hall–Kier alpha value is -0.570. The van der Waals surface area contributed by atoms with E-state index in [4.69, 9.17) is 0 Å². The van der Waals surface area contributed by atoms with Crippen LogP contribution in [-0.4, -0.2) is 34.6 Å². The first-order valence-electron chi connectivity index (χ1n) is 7.18. The second-order valence-corrected chi connectivity index (χ2v) is 5.70. The van der Waals surface area contributed by atoms with Gasteiger partial charge in [0.2, 0.25) is 5.91 Å². The van der Waals surface area contributed by atoms with Gasteiger partial charge >= 0.3 is 0 Å². The van der Waals surface area contributed by atoms with Crippen LogP contribution in [0.5, 0.6) is 0 Å². The Morgan fingerprint density at radius 2 is 1.82 bits per heavy atom. The molecular weight excluding hydrogens is 214 g/mol. The summed E-state index contributed by atoms with van der Waals surface area (Å²) < 4.78 is 0. The highest BCUT2D eigenvalue weighted by Crippen LogP contribution is 2.31. The van der Waals surface area contributed by atoms with Gasteiger partial charge in [-0.2, -0.15) is 0 Å². The van der Waals surface area contributed by atoms with Crippen LogP contribution < -0.4 is 0 Å². The highest BCUT2D eigenvalue weighted by atomic mass is 16.3. The molecule has 2 aliphatic carbocycles. The second-order valence-electron chi connectivity index (χ2n) is 5.70. The van der Waals surface area contributed by atoms with Crippen molar-refractivity contribution in [3.8, 4) is 0 Å². The number of hydrogen-bond donors (Lipinski definition) is 1. The lowest BCUT2D eigenvalue weighted by Crippen LogP contribution is -2.35. The highest BCUT2D eigenvalue weighted by Gasteiger charge is 2.33. The van der Waals surface area contributed by atoms with Gasteiger partial charge in [-0.1, -0.05) is 6.92 Å². The molecule has 2 saturated carbocycles. The summed E-state index contributed by atoms with van der Waals surface area (Å²) in [6.45, 7) is 3.07. The number of rotatable bonds is 5. The zero-order valence-corrected chi connectivity index (χ0v) is 10.9. The van der Waals surface area contributed by atoms with E-state index >= 15 is 0 Å². The molecule has 0 atom stereocenters. The van der Waals surface area contributed by atoms with Crippen molar-refractivity contribution >= 4 is 5.91 Å². The summed E-state index contributed by atoms with van der Waals surface area (Å²) in [7, 11) is 0. The molecule has 98 valence electrons. The summed E-state index contributed by atoms with van der Waals surface area (Å²) in [5.41, 5.74) is 0. The first-order valence-corrected chi connectivity index (χ1v) is 7.18. The van der Waals surface area contributed by atoms with Crippen molar-refractivity contribution in [2.45, 2.75) is 70.4 Å². The van der Waals surface area contributed by atoms with E-state index in [0.717, 1.165) is 38.6 Å². The molecular formula is C14H25NO2. The first kappa shape index (κ1) is 12.9. The van der Waals surface area contributed by atoms with Crippen LogP contribution in [0.2, 0.25) is 0 Å². The molecule has 0 heterocycles. The Bertz CT molecular complexity index is 255. The number of aliphatic hydroxyl groups is 1. The average molecular weight is 239 g/mol. The van der Waals surface area contributed by atoms with Crippen molar-refractivity contribution in [3.05, 3.63) is 0 Å². The van der Waals surface area contributed by atoms with E-state index in [2.05, 4.69) is 11.8 Å². The lowest BCUT2D eigenvalue weighted by atomic mass is 9.85. The molecule has 2 aliphatic rings. The minimum absolute atomic E-state index is 0.114. The van der Waals surface area contributed by atoms with E-state index in [9.17, 15) is 9.90 Å². The van der Waals surface area contributed by atoms with Crippen molar-refractivity contribution in [1.29, 1.82) is 0 Å². The van der Waals surface area contributed by atoms with Crippen LogP contribution in [0.25, 0.3) is 0 Å². The summed E-state index contributed by atoms with van der Waals surface area (Å²) in [5, 5.41) is 9.46. The lowest BCUT2D eigenvalue weighted by Gasteiger charge is -2.28. The van der Waals surface area contributed by atoms with Crippen LogP contribution in [0.4, 0.5) is 0 Å². The highest BCUT2D eigenvalue weighted by molar-refractivity contribution is 5.77. The molecule has 3 nitrogen and oxygen atoms in total. The van der Waals surface area contributed by atoms with Crippen LogP contribution in [0.3, 0.4) is 0 Å². The Balaban J connectivity index is 1.78. The Morgan fingerprint density at radius 3 is 2.35 bits per heavy atom. The van der Waals surface area contributed by atoms with E-state index in [-0.39, 0.29) is 6.10 Å². The summed E-state index contributed by atoms with van der Waals surface area (Å²) in [6, 6.07) is 0.552. The number of carbonyl (C=O) groups excluding carboxylic acids is 1. The van der Waals surface area contributed by atoms with Gasteiger partial charge < -0.3 is 10.0 Å². The minimum Gasteiger partial charge on any atom is -0.393 e. The third kappa shape index (κ3) is 3.70. The van der Waals surface area contributed by atoms with E-state index in [0.29, 0.717) is 24.3 Å². The summed E-state index contributed by atoms with van der Waals surface area (Å²) >= 11 is 0. The van der Waals surface area contributed by atoms with Crippen molar-refractivity contribution in [3.63, 3.8) is 0 Å². The fourth-order valence-electron chi connectivity index (χ4n) is 2.85. The molecule has 3 heteroatoms. The minimum atomic E-state index is -0.114. The Labute approximate surface area is 104 Å². The Kier molecular flexibility index (Phi) is 4.43. The van der Waals surface area contributed by atoms with Crippen LogP contribution in [-0.2, 0) is 4.79 Å². The smallest absolute Gasteiger partial charge is 0.223 e. The van der Waals surface area contributed by atoms with Gasteiger partial charge in [0.1, 0.15) is 0 Å². The van der Waals surface area contributed by atoms with Crippen molar-refractivity contribution in [2.24, 2.45) is 5.92 Å². The molecule has 0 aromatic carbocycles. The fourth-order valence-corrected chi connectivity index (χ4v) is 2.85. The van der Waals surface area contributed by atoms with Crippen molar-refractivity contribution in [2.75, 3.05) is 6.54 Å². The maximum atomic E-state index is 12.2. The molecule has 1 N–H and O–H groups in total. The topological polar surface area (TPSA) is 40.5 Å². The number of amides is 1. The normalized spacial score (nSPS) is 29.1. The number of carbonyl (C=O) groups is 1. The predicted octanol–water partition coefficient (Wildman–Crippen LogP) is 2.33. The van der Waals surface area contributed by atoms with Gasteiger partial charge in [-0.05, 0) is 50.9 Å². The molecule has 0 unspecified atom stereocenters. The van der Waals surface area contributed by atoms with Crippen LogP contribution in [0.1, 0.15) is 58.3 Å². The maximum absolute atomic E-state index is 12.2. The van der Waals surface area contributed by atoms with E-state index in [1.54, 1.807) is 0 Å². The number of hydrogen-bond acceptors (Lipinski definition) is 2. The SMILES string of the molecule is CCCN(C(=O)CC1CCC(O)CC1)C1CC1. The number of aliphatic hydroxyl groups excluding tert-OH is 1.